The molecule has 0 saturated carbocycles. The highest BCUT2D eigenvalue weighted by molar-refractivity contribution is 6.30. The second-order valence-corrected chi connectivity index (χ2v) is 5.28. The molecule has 0 amide bonds. The van der Waals surface area contributed by atoms with Gasteiger partial charge in [0, 0.05) is 10.6 Å². The maximum absolute atomic E-state index is 6.01. The summed E-state index contributed by atoms with van der Waals surface area (Å²) in [4.78, 5) is 5.87. The van der Waals surface area contributed by atoms with Gasteiger partial charge in [-0.05, 0) is 35.9 Å². The smallest absolute Gasteiger partial charge is 0.152 e. The molecule has 0 atom stereocenters. The molecule has 108 valence electrons. The van der Waals surface area contributed by atoms with Crippen molar-refractivity contribution in [3.8, 4) is 5.75 Å². The Morgan fingerprint density at radius 2 is 2.00 bits per heavy atom. The normalized spacial score (nSPS) is 14.7. The fourth-order valence-corrected chi connectivity index (χ4v) is 2.43. The predicted octanol–water partition coefficient (Wildman–Crippen LogP) is 4.14. The first kappa shape index (κ1) is 14.0. The average molecular weight is 302 g/mol. The molecule has 0 aromatic heterocycles. The van der Waals surface area contributed by atoms with Crippen LogP contribution < -0.4 is 4.74 Å². The van der Waals surface area contributed by atoms with Crippen LogP contribution in [0.2, 0.25) is 5.02 Å². The molecule has 0 spiro atoms. The molecule has 0 unspecified atom stereocenters. The number of hydrogen-bond acceptors (Lipinski definition) is 3. The number of methoxy groups -OCH3 is 1. The van der Waals surface area contributed by atoms with Gasteiger partial charge in [-0.3, -0.25) is 0 Å². The summed E-state index contributed by atoms with van der Waals surface area (Å²) < 4.78 is 5.16. The van der Waals surface area contributed by atoms with Crippen molar-refractivity contribution in [2.75, 3.05) is 13.7 Å². The van der Waals surface area contributed by atoms with E-state index < -0.39 is 0 Å². The Kier molecular flexibility index (Phi) is 4.13. The van der Waals surface area contributed by atoms with Crippen LogP contribution in [0.5, 0.6) is 5.75 Å². The van der Waals surface area contributed by atoms with Crippen LogP contribution in [0.1, 0.15) is 11.1 Å². The Hall–Kier alpha value is -1.97. The van der Waals surface area contributed by atoms with Gasteiger partial charge in [-0.25, -0.2) is 0 Å². The largest absolute Gasteiger partial charge is 0.497 e. The molecule has 0 N–H and O–H groups in total. The molecular weight excluding hydrogens is 286 g/mol. The van der Waals surface area contributed by atoms with Gasteiger partial charge in [-0.1, -0.05) is 35.9 Å². The number of hydrogen-bond donors (Lipinski definition) is 0. The lowest BCUT2D eigenvalue weighted by molar-refractivity contribution is -0.0693. The Morgan fingerprint density at radius 1 is 1.19 bits per heavy atom. The summed E-state index contributed by atoms with van der Waals surface area (Å²) in [6.45, 7) is 1.48. The number of ether oxygens (including phenoxy) is 1. The molecule has 0 fully saturated rings. The highest BCUT2D eigenvalue weighted by Crippen LogP contribution is 2.26. The average Bonchev–Trinajstić information content (AvgIpc) is 2.97. The molecule has 2 aromatic carbocycles. The maximum Gasteiger partial charge on any atom is 0.152 e. The van der Waals surface area contributed by atoms with Crippen LogP contribution >= 0.6 is 11.6 Å². The van der Waals surface area contributed by atoms with Crippen molar-refractivity contribution in [2.45, 2.75) is 6.54 Å². The van der Waals surface area contributed by atoms with E-state index in [1.807, 2.05) is 53.6 Å². The van der Waals surface area contributed by atoms with E-state index in [1.54, 1.807) is 7.11 Å². The summed E-state index contributed by atoms with van der Waals surface area (Å²) in [5, 5.41) is 2.63. The summed E-state index contributed by atoms with van der Waals surface area (Å²) >= 11 is 6.01. The number of nitrogens with zero attached hydrogens (tertiary/aromatic N) is 1. The molecule has 1 aliphatic rings. The van der Waals surface area contributed by atoms with E-state index in [0.717, 1.165) is 30.2 Å². The van der Waals surface area contributed by atoms with Crippen LogP contribution in [0.15, 0.2) is 54.6 Å². The van der Waals surface area contributed by atoms with Gasteiger partial charge in [-0.15, -0.1) is 5.06 Å². The minimum Gasteiger partial charge on any atom is -0.497 e. The number of benzene rings is 2. The monoisotopic (exact) mass is 301 g/mol. The molecule has 1 heterocycles. The highest BCUT2D eigenvalue weighted by Gasteiger charge is 2.17. The predicted molar refractivity (Wildman–Crippen MR) is 83.9 cm³/mol. The van der Waals surface area contributed by atoms with E-state index in [1.165, 1.54) is 5.56 Å². The molecule has 0 bridgehead atoms. The third-order valence-electron chi connectivity index (χ3n) is 3.33. The van der Waals surface area contributed by atoms with Crippen LogP contribution in [0.4, 0.5) is 0 Å². The zero-order chi connectivity index (χ0) is 14.7. The first-order valence-electron chi connectivity index (χ1n) is 6.76. The molecule has 2 aromatic rings. The van der Waals surface area contributed by atoms with Crippen molar-refractivity contribution in [1.82, 2.24) is 5.06 Å². The second kappa shape index (κ2) is 6.20. The Balaban J connectivity index is 1.63. The lowest BCUT2D eigenvalue weighted by Crippen LogP contribution is -2.18. The topological polar surface area (TPSA) is 21.7 Å². The zero-order valence-corrected chi connectivity index (χ0v) is 12.5. The van der Waals surface area contributed by atoms with Crippen LogP contribution in [-0.2, 0) is 11.4 Å². The third kappa shape index (κ3) is 3.38. The fraction of sp³-hybridized carbons (Fsp3) is 0.176. The molecule has 0 radical (unpaired) electrons. The van der Waals surface area contributed by atoms with E-state index in [0.29, 0.717) is 5.02 Å². The van der Waals surface area contributed by atoms with E-state index in [-0.39, 0.29) is 0 Å². The Morgan fingerprint density at radius 3 is 2.71 bits per heavy atom. The van der Waals surface area contributed by atoms with Gasteiger partial charge < -0.3 is 9.57 Å². The molecule has 1 aliphatic heterocycles. The van der Waals surface area contributed by atoms with Crippen molar-refractivity contribution >= 4 is 17.4 Å². The SMILES string of the molecule is COc1ccc(CN2CC=C(c3cccc(Cl)c3)O2)cc1. The summed E-state index contributed by atoms with van der Waals surface area (Å²) in [7, 11) is 1.67. The van der Waals surface area contributed by atoms with Crippen LogP contribution in [0, 0.1) is 0 Å². The highest BCUT2D eigenvalue weighted by atomic mass is 35.5. The van der Waals surface area contributed by atoms with Gasteiger partial charge in [0.05, 0.1) is 20.2 Å². The summed E-state index contributed by atoms with van der Waals surface area (Å²) in [5.41, 5.74) is 2.18. The molecule has 21 heavy (non-hydrogen) atoms. The van der Waals surface area contributed by atoms with E-state index in [9.17, 15) is 0 Å². The summed E-state index contributed by atoms with van der Waals surface area (Å²) in [6, 6.07) is 15.7. The van der Waals surface area contributed by atoms with Crippen molar-refractivity contribution in [2.24, 2.45) is 0 Å². The summed E-state index contributed by atoms with van der Waals surface area (Å²) in [6.07, 6.45) is 2.06. The van der Waals surface area contributed by atoms with E-state index in [4.69, 9.17) is 21.2 Å². The fourth-order valence-electron chi connectivity index (χ4n) is 2.24. The second-order valence-electron chi connectivity index (χ2n) is 4.84. The van der Waals surface area contributed by atoms with Crippen LogP contribution in [0.25, 0.3) is 5.76 Å². The Labute approximate surface area is 129 Å². The van der Waals surface area contributed by atoms with Gasteiger partial charge >= 0.3 is 0 Å². The van der Waals surface area contributed by atoms with Gasteiger partial charge in [0.1, 0.15) is 5.75 Å². The summed E-state index contributed by atoms with van der Waals surface area (Å²) in [5.74, 6) is 1.71. The maximum atomic E-state index is 6.01. The molecule has 3 nitrogen and oxygen atoms in total. The molecule has 4 heteroatoms. The van der Waals surface area contributed by atoms with E-state index >= 15 is 0 Å². The zero-order valence-electron chi connectivity index (χ0n) is 11.8. The van der Waals surface area contributed by atoms with Crippen molar-refractivity contribution in [1.29, 1.82) is 0 Å². The molecule has 0 aliphatic carbocycles. The van der Waals surface area contributed by atoms with Gasteiger partial charge in [-0.2, -0.15) is 0 Å². The van der Waals surface area contributed by atoms with E-state index in [2.05, 4.69) is 6.08 Å². The van der Waals surface area contributed by atoms with Crippen molar-refractivity contribution < 1.29 is 9.57 Å². The molecule has 0 saturated heterocycles. The van der Waals surface area contributed by atoms with Crippen LogP contribution in [0.3, 0.4) is 0 Å². The minimum absolute atomic E-state index is 0.714. The quantitative estimate of drug-likeness (QED) is 0.847. The molecule has 3 rings (SSSR count). The Bertz CT molecular complexity index is 652. The van der Waals surface area contributed by atoms with Gasteiger partial charge in [0.2, 0.25) is 0 Å². The lowest BCUT2D eigenvalue weighted by Gasteiger charge is -2.16. The lowest BCUT2D eigenvalue weighted by atomic mass is 10.2. The van der Waals surface area contributed by atoms with Gasteiger partial charge in [0.25, 0.3) is 0 Å². The van der Waals surface area contributed by atoms with Crippen LogP contribution in [-0.4, -0.2) is 18.7 Å². The minimum atomic E-state index is 0.714. The number of halogens is 1. The third-order valence-corrected chi connectivity index (χ3v) is 3.57. The number of hydroxylamine groups is 2. The van der Waals surface area contributed by atoms with Gasteiger partial charge in [0.15, 0.2) is 5.76 Å². The van der Waals surface area contributed by atoms with Crippen molar-refractivity contribution in [3.63, 3.8) is 0 Å². The standard InChI is InChI=1S/C17H16ClNO2/c1-20-16-7-5-13(6-8-16)12-19-10-9-17(21-19)14-3-2-4-15(18)11-14/h2-9,11H,10,12H2,1H3. The first-order valence-corrected chi connectivity index (χ1v) is 7.14. The van der Waals surface area contributed by atoms with Crippen molar-refractivity contribution in [3.05, 3.63) is 70.8 Å². The first-order chi connectivity index (χ1) is 10.2. The number of rotatable bonds is 4. The molecular formula is C17H16ClNO2.